The first-order valence-electron chi connectivity index (χ1n) is 19.7. The second kappa shape index (κ2) is 37.6. The van der Waals surface area contributed by atoms with E-state index in [0.29, 0.717) is 5.92 Å². The van der Waals surface area contributed by atoms with Gasteiger partial charge in [-0.3, -0.25) is 0 Å². The Kier molecular flexibility index (Phi) is 37.1. The first kappa shape index (κ1) is 42.4. The molecule has 0 heterocycles. The molecule has 0 spiro atoms. The smallest absolute Gasteiger partial charge is 0.0831 e. The molecule has 0 aliphatic rings. The van der Waals surface area contributed by atoms with Gasteiger partial charge in [0, 0.05) is 13.2 Å². The van der Waals surface area contributed by atoms with E-state index >= 15 is 0 Å². The minimum Gasteiger partial charge on any atom is -0.379 e. The molecule has 0 fully saturated rings. The van der Waals surface area contributed by atoms with Gasteiger partial charge in [0.05, 0.1) is 12.7 Å². The van der Waals surface area contributed by atoms with E-state index in [4.69, 9.17) is 9.47 Å². The van der Waals surface area contributed by atoms with E-state index in [9.17, 15) is 0 Å². The second-order valence-corrected chi connectivity index (χ2v) is 13.6. The fraction of sp³-hybridized carbons (Fsp3) is 0.902. The Morgan fingerprint density at radius 2 is 0.721 bits per heavy atom. The van der Waals surface area contributed by atoms with Gasteiger partial charge in [0.2, 0.25) is 0 Å². The van der Waals surface area contributed by atoms with Crippen molar-refractivity contribution in [2.24, 2.45) is 5.92 Å². The number of unbranched alkanes of at least 4 members (excludes halogenated alkanes) is 24. The summed E-state index contributed by atoms with van der Waals surface area (Å²) in [6.07, 6.45) is 47.8. The molecule has 43 heavy (non-hydrogen) atoms. The minimum absolute atomic E-state index is 0.247. The molecule has 0 bridgehead atoms. The lowest BCUT2D eigenvalue weighted by molar-refractivity contribution is -0.0409. The van der Waals surface area contributed by atoms with E-state index in [0.717, 1.165) is 19.8 Å². The van der Waals surface area contributed by atoms with Crippen LogP contribution in [0.3, 0.4) is 0 Å². The Hall–Kier alpha value is -0.600. The third kappa shape index (κ3) is 35.7. The van der Waals surface area contributed by atoms with E-state index < -0.39 is 0 Å². The lowest BCUT2D eigenvalue weighted by Crippen LogP contribution is -2.26. The van der Waals surface area contributed by atoms with Gasteiger partial charge in [-0.05, 0) is 70.1 Å². The van der Waals surface area contributed by atoms with Crippen LogP contribution in [0.5, 0.6) is 0 Å². The summed E-state index contributed by atoms with van der Waals surface area (Å²) in [5, 5.41) is 0. The van der Waals surface area contributed by atoms with Crippen LogP contribution >= 0.6 is 0 Å². The normalized spacial score (nSPS) is 12.9. The highest BCUT2D eigenvalue weighted by molar-refractivity contribution is 4.82. The molecule has 0 aliphatic carbocycles. The number of hydrogen-bond acceptors (Lipinski definition) is 2. The maximum Gasteiger partial charge on any atom is 0.0831 e. The summed E-state index contributed by atoms with van der Waals surface area (Å²) in [6.45, 7) is 11.6. The molecule has 0 saturated heterocycles. The van der Waals surface area contributed by atoms with Gasteiger partial charge in [-0.25, -0.2) is 0 Å². The average molecular weight is 605 g/mol. The van der Waals surface area contributed by atoms with E-state index in [1.807, 2.05) is 0 Å². The Bertz CT molecular complexity index is 552. The number of allylic oxidation sites excluding steroid dienone is 4. The summed E-state index contributed by atoms with van der Waals surface area (Å²) in [6, 6.07) is 0. The third-order valence-electron chi connectivity index (χ3n) is 8.81. The van der Waals surface area contributed by atoms with E-state index in [1.54, 1.807) is 0 Å². The zero-order chi connectivity index (χ0) is 31.3. The molecule has 0 aromatic carbocycles. The highest BCUT2D eigenvalue weighted by Gasteiger charge is 2.13. The zero-order valence-corrected chi connectivity index (χ0v) is 30.2. The number of rotatable bonds is 36. The first-order valence-corrected chi connectivity index (χ1v) is 19.7. The van der Waals surface area contributed by atoms with Gasteiger partial charge in [0.1, 0.15) is 0 Å². The van der Waals surface area contributed by atoms with Crippen LogP contribution in [0, 0.1) is 5.92 Å². The molecule has 2 nitrogen and oxygen atoms in total. The first-order chi connectivity index (χ1) is 21.2. The Morgan fingerprint density at radius 1 is 0.395 bits per heavy atom. The molecule has 0 N–H and O–H groups in total. The molecule has 0 radical (unpaired) electrons. The predicted octanol–water partition coefficient (Wildman–Crippen LogP) is 14.1. The SMILES string of the molecule is CCCCCCCC/C=C\CCCCCCCCOCC(OCCCCCCCC/C=C\CCCCCCCC)C(C)C. The fourth-order valence-electron chi connectivity index (χ4n) is 5.67. The molecule has 0 rings (SSSR count). The molecule has 0 amide bonds. The maximum atomic E-state index is 6.22. The van der Waals surface area contributed by atoms with E-state index in [-0.39, 0.29) is 6.10 Å². The minimum atomic E-state index is 0.247. The van der Waals surface area contributed by atoms with Gasteiger partial charge in [-0.15, -0.1) is 0 Å². The third-order valence-corrected chi connectivity index (χ3v) is 8.81. The van der Waals surface area contributed by atoms with Crippen LogP contribution in [0.1, 0.15) is 207 Å². The van der Waals surface area contributed by atoms with Crippen LogP contribution in [-0.2, 0) is 9.47 Å². The second-order valence-electron chi connectivity index (χ2n) is 13.6. The van der Waals surface area contributed by atoms with Gasteiger partial charge in [0.15, 0.2) is 0 Å². The van der Waals surface area contributed by atoms with Crippen molar-refractivity contribution in [3.8, 4) is 0 Å². The summed E-state index contributed by atoms with van der Waals surface area (Å²) >= 11 is 0. The van der Waals surface area contributed by atoms with Crippen molar-refractivity contribution in [3.63, 3.8) is 0 Å². The predicted molar refractivity (Wildman–Crippen MR) is 194 cm³/mol. The molecule has 1 unspecified atom stereocenters. The average Bonchev–Trinajstić information content (AvgIpc) is 3.00. The fourth-order valence-corrected chi connectivity index (χ4v) is 5.67. The number of ether oxygens (including phenoxy) is 2. The molecule has 0 saturated carbocycles. The molecule has 0 aliphatic heterocycles. The highest BCUT2D eigenvalue weighted by atomic mass is 16.5. The van der Waals surface area contributed by atoms with Crippen molar-refractivity contribution >= 4 is 0 Å². The monoisotopic (exact) mass is 605 g/mol. The Labute approximate surface area is 272 Å². The summed E-state index contributed by atoms with van der Waals surface area (Å²) in [5.41, 5.74) is 0. The van der Waals surface area contributed by atoms with Crippen LogP contribution < -0.4 is 0 Å². The highest BCUT2D eigenvalue weighted by Crippen LogP contribution is 2.13. The largest absolute Gasteiger partial charge is 0.379 e. The summed E-state index contributed by atoms with van der Waals surface area (Å²) < 4.78 is 12.2. The van der Waals surface area contributed by atoms with Gasteiger partial charge in [-0.2, -0.15) is 0 Å². The quantitative estimate of drug-likeness (QED) is 0.0523. The van der Waals surface area contributed by atoms with Crippen molar-refractivity contribution in [2.45, 2.75) is 214 Å². The van der Waals surface area contributed by atoms with Crippen molar-refractivity contribution in [1.82, 2.24) is 0 Å². The van der Waals surface area contributed by atoms with Crippen molar-refractivity contribution in [1.29, 1.82) is 0 Å². The summed E-state index contributed by atoms with van der Waals surface area (Å²) in [5.74, 6) is 0.522. The van der Waals surface area contributed by atoms with E-state index in [1.165, 1.54) is 180 Å². The van der Waals surface area contributed by atoms with Crippen LogP contribution in [0.2, 0.25) is 0 Å². The molecular formula is C41H80O2. The lowest BCUT2D eigenvalue weighted by atomic mass is 10.1. The van der Waals surface area contributed by atoms with Crippen LogP contribution in [-0.4, -0.2) is 25.9 Å². The summed E-state index contributed by atoms with van der Waals surface area (Å²) in [4.78, 5) is 0. The topological polar surface area (TPSA) is 18.5 Å². The van der Waals surface area contributed by atoms with E-state index in [2.05, 4.69) is 52.0 Å². The molecule has 256 valence electrons. The van der Waals surface area contributed by atoms with Crippen LogP contribution in [0.15, 0.2) is 24.3 Å². The molecular weight excluding hydrogens is 524 g/mol. The summed E-state index contributed by atoms with van der Waals surface area (Å²) in [7, 11) is 0. The van der Waals surface area contributed by atoms with Crippen molar-refractivity contribution in [2.75, 3.05) is 19.8 Å². The molecule has 2 heteroatoms. The lowest BCUT2D eigenvalue weighted by Gasteiger charge is -2.21. The van der Waals surface area contributed by atoms with Crippen molar-refractivity contribution in [3.05, 3.63) is 24.3 Å². The molecule has 1 atom stereocenters. The van der Waals surface area contributed by atoms with Crippen LogP contribution in [0.4, 0.5) is 0 Å². The Morgan fingerprint density at radius 3 is 1.09 bits per heavy atom. The number of hydrogen-bond donors (Lipinski definition) is 0. The van der Waals surface area contributed by atoms with Gasteiger partial charge in [0.25, 0.3) is 0 Å². The van der Waals surface area contributed by atoms with Gasteiger partial charge < -0.3 is 9.47 Å². The van der Waals surface area contributed by atoms with Gasteiger partial charge in [-0.1, -0.05) is 168 Å². The maximum absolute atomic E-state index is 6.22. The standard InChI is InChI=1S/C41H80O2/c1-5-7-9-11-13-15-17-19-21-23-25-27-29-31-33-35-37-42-39-41(40(3)4)43-38-36-34-32-30-28-26-24-22-20-18-16-14-12-10-8-6-2/h19-22,40-41H,5-18,23-39H2,1-4H3/b21-19-,22-20-. The van der Waals surface area contributed by atoms with Crippen molar-refractivity contribution < 1.29 is 9.47 Å². The van der Waals surface area contributed by atoms with Crippen LogP contribution in [0.25, 0.3) is 0 Å². The molecule has 0 aromatic heterocycles. The molecule has 0 aromatic rings. The Balaban J connectivity index is 3.43. The van der Waals surface area contributed by atoms with Gasteiger partial charge >= 0.3 is 0 Å². The zero-order valence-electron chi connectivity index (χ0n) is 30.2.